The molecule has 0 aliphatic heterocycles. The van der Waals surface area contributed by atoms with Gasteiger partial charge in [-0.2, -0.15) is 0 Å². The summed E-state index contributed by atoms with van der Waals surface area (Å²) in [6, 6.07) is 1.68. The van der Waals surface area contributed by atoms with Crippen LogP contribution in [0.1, 0.15) is 15.9 Å². The lowest BCUT2D eigenvalue weighted by atomic mass is 10.1. The van der Waals surface area contributed by atoms with Crippen LogP contribution in [-0.4, -0.2) is 61.4 Å². The standard InChI is InChI=1S/C13H21N3O3/c1-10-4-5-14-12(11(10)13(17)18)15-6-8-19-9-7-16(2)3/h4-5H,6-9H2,1-3H3,(H,14,15)(H,17,18). The van der Waals surface area contributed by atoms with Crippen LogP contribution in [0.2, 0.25) is 0 Å². The number of rotatable bonds is 8. The van der Waals surface area contributed by atoms with Crippen molar-refractivity contribution >= 4 is 11.8 Å². The molecular weight excluding hydrogens is 246 g/mol. The summed E-state index contributed by atoms with van der Waals surface area (Å²) in [5.41, 5.74) is 0.911. The molecule has 2 N–H and O–H groups in total. The Labute approximate surface area is 113 Å². The maximum atomic E-state index is 11.1. The van der Waals surface area contributed by atoms with E-state index in [2.05, 4.69) is 10.3 Å². The van der Waals surface area contributed by atoms with Crippen molar-refractivity contribution in [3.05, 3.63) is 23.4 Å². The Morgan fingerprint density at radius 1 is 1.47 bits per heavy atom. The first-order valence-electron chi connectivity index (χ1n) is 6.17. The summed E-state index contributed by atoms with van der Waals surface area (Å²) >= 11 is 0. The normalized spacial score (nSPS) is 10.7. The first-order valence-corrected chi connectivity index (χ1v) is 6.17. The predicted octanol–water partition coefficient (Wildman–Crippen LogP) is 1.08. The van der Waals surface area contributed by atoms with Crippen molar-refractivity contribution in [3.63, 3.8) is 0 Å². The van der Waals surface area contributed by atoms with Crippen LogP contribution in [0.25, 0.3) is 0 Å². The topological polar surface area (TPSA) is 74.7 Å². The van der Waals surface area contributed by atoms with Crippen LogP contribution in [0.3, 0.4) is 0 Å². The predicted molar refractivity (Wildman–Crippen MR) is 73.8 cm³/mol. The van der Waals surface area contributed by atoms with Gasteiger partial charge in [0.1, 0.15) is 11.4 Å². The molecule has 1 heterocycles. The fourth-order valence-electron chi connectivity index (χ4n) is 1.55. The molecule has 0 saturated carbocycles. The number of likely N-dealkylation sites (N-methyl/N-ethyl adjacent to an activating group) is 1. The molecule has 1 aromatic heterocycles. The molecule has 0 aromatic carbocycles. The number of aryl methyl sites for hydroxylation is 1. The molecule has 1 aromatic rings. The van der Waals surface area contributed by atoms with Crippen molar-refractivity contribution in [1.29, 1.82) is 0 Å². The lowest BCUT2D eigenvalue weighted by Gasteiger charge is -2.12. The highest BCUT2D eigenvalue weighted by Gasteiger charge is 2.13. The summed E-state index contributed by atoms with van der Waals surface area (Å²) < 4.78 is 5.42. The van der Waals surface area contributed by atoms with E-state index in [4.69, 9.17) is 9.84 Å². The van der Waals surface area contributed by atoms with E-state index >= 15 is 0 Å². The second kappa shape index (κ2) is 7.70. The zero-order chi connectivity index (χ0) is 14.3. The Balaban J connectivity index is 2.41. The van der Waals surface area contributed by atoms with Crippen LogP contribution in [0.4, 0.5) is 5.82 Å². The van der Waals surface area contributed by atoms with E-state index in [1.54, 1.807) is 19.2 Å². The van der Waals surface area contributed by atoms with E-state index in [-0.39, 0.29) is 5.56 Å². The molecule has 0 saturated heterocycles. The summed E-state index contributed by atoms with van der Waals surface area (Å²) in [5.74, 6) is -0.578. The van der Waals surface area contributed by atoms with Gasteiger partial charge in [0.2, 0.25) is 0 Å². The average Bonchev–Trinajstić information content (AvgIpc) is 2.32. The molecule has 0 aliphatic rings. The molecule has 0 spiro atoms. The molecule has 0 fully saturated rings. The Morgan fingerprint density at radius 2 is 2.21 bits per heavy atom. The Kier molecular flexibility index (Phi) is 6.24. The Morgan fingerprint density at radius 3 is 2.84 bits per heavy atom. The van der Waals surface area contributed by atoms with Gasteiger partial charge < -0.3 is 20.1 Å². The number of ether oxygens (including phenoxy) is 1. The van der Waals surface area contributed by atoms with Gasteiger partial charge >= 0.3 is 5.97 Å². The van der Waals surface area contributed by atoms with Gasteiger partial charge in [-0.25, -0.2) is 9.78 Å². The van der Waals surface area contributed by atoms with E-state index in [1.807, 2.05) is 19.0 Å². The molecule has 6 nitrogen and oxygen atoms in total. The molecular formula is C13H21N3O3. The molecule has 0 aliphatic carbocycles. The summed E-state index contributed by atoms with van der Waals surface area (Å²) in [4.78, 5) is 17.2. The third-order valence-corrected chi connectivity index (χ3v) is 2.59. The Bertz CT molecular complexity index is 422. The minimum Gasteiger partial charge on any atom is -0.478 e. The van der Waals surface area contributed by atoms with Gasteiger partial charge in [0.05, 0.1) is 13.2 Å². The minimum absolute atomic E-state index is 0.218. The number of aromatic carboxylic acids is 1. The molecule has 0 atom stereocenters. The molecule has 106 valence electrons. The summed E-state index contributed by atoms with van der Waals surface area (Å²) in [5, 5.41) is 12.1. The zero-order valence-corrected chi connectivity index (χ0v) is 11.6. The summed E-state index contributed by atoms with van der Waals surface area (Å²) in [6.07, 6.45) is 1.59. The van der Waals surface area contributed by atoms with Gasteiger partial charge in [-0.3, -0.25) is 0 Å². The van der Waals surface area contributed by atoms with Crippen molar-refractivity contribution in [2.24, 2.45) is 0 Å². The molecule has 0 radical (unpaired) electrons. The summed E-state index contributed by atoms with van der Waals surface area (Å²) in [7, 11) is 3.97. The smallest absolute Gasteiger partial charge is 0.339 e. The van der Waals surface area contributed by atoms with Crippen LogP contribution >= 0.6 is 0 Å². The van der Waals surface area contributed by atoms with Crippen molar-refractivity contribution in [2.75, 3.05) is 45.7 Å². The fourth-order valence-corrected chi connectivity index (χ4v) is 1.55. The number of nitrogens with zero attached hydrogens (tertiary/aromatic N) is 2. The first-order chi connectivity index (χ1) is 9.02. The van der Waals surface area contributed by atoms with Crippen LogP contribution in [-0.2, 0) is 4.74 Å². The second-order valence-corrected chi connectivity index (χ2v) is 4.50. The van der Waals surface area contributed by atoms with Crippen LogP contribution in [0, 0.1) is 6.92 Å². The van der Waals surface area contributed by atoms with Gasteiger partial charge in [0.25, 0.3) is 0 Å². The van der Waals surface area contributed by atoms with Crippen molar-refractivity contribution in [2.45, 2.75) is 6.92 Å². The molecule has 0 unspecified atom stereocenters. The minimum atomic E-state index is -0.971. The monoisotopic (exact) mass is 267 g/mol. The second-order valence-electron chi connectivity index (χ2n) is 4.50. The maximum Gasteiger partial charge on any atom is 0.339 e. The number of nitrogens with one attached hydrogen (secondary N) is 1. The van der Waals surface area contributed by atoms with Crippen LogP contribution in [0.5, 0.6) is 0 Å². The highest BCUT2D eigenvalue weighted by molar-refractivity contribution is 5.94. The van der Waals surface area contributed by atoms with Gasteiger partial charge in [-0.15, -0.1) is 0 Å². The highest BCUT2D eigenvalue weighted by Crippen LogP contribution is 2.15. The number of carboxylic acid groups (broad SMARTS) is 1. The van der Waals surface area contributed by atoms with Gasteiger partial charge in [0, 0.05) is 19.3 Å². The summed E-state index contributed by atoms with van der Waals surface area (Å²) in [6.45, 7) is 4.32. The number of aromatic nitrogens is 1. The van der Waals surface area contributed by atoms with Crippen LogP contribution in [0.15, 0.2) is 12.3 Å². The molecule has 1 rings (SSSR count). The average molecular weight is 267 g/mol. The number of hydrogen-bond acceptors (Lipinski definition) is 5. The molecule has 6 heteroatoms. The number of hydrogen-bond donors (Lipinski definition) is 2. The quantitative estimate of drug-likeness (QED) is 0.686. The fraction of sp³-hybridized carbons (Fsp3) is 0.538. The zero-order valence-electron chi connectivity index (χ0n) is 11.6. The number of carboxylic acids is 1. The number of anilines is 1. The molecule has 19 heavy (non-hydrogen) atoms. The first kappa shape index (κ1) is 15.4. The van der Waals surface area contributed by atoms with Crippen LogP contribution < -0.4 is 5.32 Å². The van der Waals surface area contributed by atoms with E-state index in [1.165, 1.54) is 0 Å². The van der Waals surface area contributed by atoms with Gasteiger partial charge in [-0.1, -0.05) is 0 Å². The maximum absolute atomic E-state index is 11.1. The molecule has 0 amide bonds. The SMILES string of the molecule is Cc1ccnc(NCCOCCN(C)C)c1C(=O)O. The Hall–Kier alpha value is -1.66. The van der Waals surface area contributed by atoms with Crippen molar-refractivity contribution in [1.82, 2.24) is 9.88 Å². The largest absolute Gasteiger partial charge is 0.478 e. The van der Waals surface area contributed by atoms with E-state index in [0.717, 1.165) is 6.54 Å². The van der Waals surface area contributed by atoms with Gasteiger partial charge in [0.15, 0.2) is 0 Å². The van der Waals surface area contributed by atoms with E-state index in [9.17, 15) is 4.79 Å². The lowest BCUT2D eigenvalue weighted by Crippen LogP contribution is -2.20. The molecule has 0 bridgehead atoms. The van der Waals surface area contributed by atoms with Gasteiger partial charge in [-0.05, 0) is 32.6 Å². The lowest BCUT2D eigenvalue weighted by molar-refractivity contribution is 0.0696. The van der Waals surface area contributed by atoms with E-state index in [0.29, 0.717) is 31.1 Å². The number of carbonyl (C=O) groups is 1. The number of pyridine rings is 1. The third-order valence-electron chi connectivity index (χ3n) is 2.59. The van der Waals surface area contributed by atoms with Crippen molar-refractivity contribution in [3.8, 4) is 0 Å². The highest BCUT2D eigenvalue weighted by atomic mass is 16.5. The third kappa shape index (κ3) is 5.23. The van der Waals surface area contributed by atoms with Crippen molar-refractivity contribution < 1.29 is 14.6 Å². The van der Waals surface area contributed by atoms with E-state index < -0.39 is 5.97 Å².